The number of anilines is 1. The number of carbonyl (C=O) groups is 1. The second-order valence-electron chi connectivity index (χ2n) is 3.93. The molecule has 0 aliphatic heterocycles. The average Bonchev–Trinajstić information content (AvgIpc) is 2.84. The minimum absolute atomic E-state index is 0.351. The van der Waals surface area contributed by atoms with Gasteiger partial charge in [0, 0.05) is 18.2 Å². The number of urea groups is 1. The standard InChI is InChI=1S/C11H14N4O3/c1-6-4-10(15-17-6)13-11(16)12-5-9-7(2)14-18-8(9)3/h4H,5H2,1-3H3,(H2,12,13,15,16). The van der Waals surface area contributed by atoms with E-state index in [2.05, 4.69) is 20.9 Å². The van der Waals surface area contributed by atoms with Crippen LogP contribution < -0.4 is 10.6 Å². The van der Waals surface area contributed by atoms with Crippen LogP contribution in [0.4, 0.5) is 10.6 Å². The van der Waals surface area contributed by atoms with E-state index < -0.39 is 0 Å². The molecule has 0 unspecified atom stereocenters. The Balaban J connectivity index is 1.89. The van der Waals surface area contributed by atoms with Crippen molar-refractivity contribution in [3.05, 3.63) is 28.8 Å². The summed E-state index contributed by atoms with van der Waals surface area (Å²) in [5.74, 6) is 1.71. The lowest BCUT2D eigenvalue weighted by atomic mass is 10.2. The van der Waals surface area contributed by atoms with Gasteiger partial charge in [0.1, 0.15) is 11.5 Å². The van der Waals surface area contributed by atoms with Crippen molar-refractivity contribution >= 4 is 11.8 Å². The van der Waals surface area contributed by atoms with Crippen LogP contribution in [-0.4, -0.2) is 16.3 Å². The molecule has 0 radical (unpaired) electrons. The highest BCUT2D eigenvalue weighted by molar-refractivity contribution is 5.88. The predicted molar refractivity (Wildman–Crippen MR) is 63.1 cm³/mol. The maximum absolute atomic E-state index is 11.6. The summed E-state index contributed by atoms with van der Waals surface area (Å²) < 4.78 is 9.84. The van der Waals surface area contributed by atoms with Crippen LogP contribution in [-0.2, 0) is 6.54 Å². The molecular weight excluding hydrogens is 236 g/mol. The number of aromatic nitrogens is 2. The van der Waals surface area contributed by atoms with Gasteiger partial charge >= 0.3 is 6.03 Å². The molecule has 2 aromatic rings. The first-order valence-corrected chi connectivity index (χ1v) is 5.46. The number of rotatable bonds is 3. The van der Waals surface area contributed by atoms with Gasteiger partial charge < -0.3 is 14.4 Å². The van der Waals surface area contributed by atoms with Gasteiger partial charge in [0.05, 0.1) is 5.69 Å². The Bertz CT molecular complexity index is 539. The third-order valence-electron chi connectivity index (χ3n) is 2.48. The molecule has 0 fully saturated rings. The van der Waals surface area contributed by atoms with E-state index in [1.165, 1.54) is 0 Å². The van der Waals surface area contributed by atoms with Crippen LogP contribution in [0.15, 0.2) is 15.1 Å². The molecule has 0 bridgehead atoms. The topological polar surface area (TPSA) is 93.2 Å². The Morgan fingerprint density at radius 3 is 2.61 bits per heavy atom. The molecule has 7 heteroatoms. The van der Waals surface area contributed by atoms with Gasteiger partial charge in [-0.1, -0.05) is 10.3 Å². The summed E-state index contributed by atoms with van der Waals surface area (Å²) in [6, 6.07) is 1.28. The van der Waals surface area contributed by atoms with Crippen molar-refractivity contribution in [2.24, 2.45) is 0 Å². The number of nitrogens with zero attached hydrogens (tertiary/aromatic N) is 2. The quantitative estimate of drug-likeness (QED) is 0.867. The molecule has 2 heterocycles. The summed E-state index contributed by atoms with van der Waals surface area (Å²) in [6.45, 7) is 5.73. The zero-order chi connectivity index (χ0) is 13.1. The SMILES string of the molecule is Cc1cc(NC(=O)NCc2c(C)noc2C)no1. The van der Waals surface area contributed by atoms with Gasteiger partial charge in [-0.15, -0.1) is 0 Å². The Labute approximate surface area is 104 Å². The molecule has 0 atom stereocenters. The van der Waals surface area contributed by atoms with Gasteiger partial charge in [-0.2, -0.15) is 0 Å². The van der Waals surface area contributed by atoms with Crippen molar-refractivity contribution in [3.63, 3.8) is 0 Å². The highest BCUT2D eigenvalue weighted by Crippen LogP contribution is 2.11. The van der Waals surface area contributed by atoms with Gasteiger partial charge in [-0.05, 0) is 20.8 Å². The van der Waals surface area contributed by atoms with Gasteiger partial charge in [0.15, 0.2) is 5.82 Å². The summed E-state index contributed by atoms with van der Waals surface area (Å²) in [5.41, 5.74) is 1.64. The summed E-state index contributed by atoms with van der Waals surface area (Å²) in [4.78, 5) is 11.6. The van der Waals surface area contributed by atoms with E-state index in [4.69, 9.17) is 9.05 Å². The number of aryl methyl sites for hydroxylation is 3. The molecule has 96 valence electrons. The largest absolute Gasteiger partial charge is 0.361 e. The van der Waals surface area contributed by atoms with Crippen molar-refractivity contribution in [1.29, 1.82) is 0 Å². The molecule has 2 rings (SSSR count). The molecule has 18 heavy (non-hydrogen) atoms. The number of hydrogen-bond acceptors (Lipinski definition) is 5. The molecule has 0 aromatic carbocycles. The minimum Gasteiger partial charge on any atom is -0.361 e. The van der Waals surface area contributed by atoms with E-state index >= 15 is 0 Å². The van der Waals surface area contributed by atoms with Crippen molar-refractivity contribution in [3.8, 4) is 0 Å². The normalized spacial score (nSPS) is 10.4. The van der Waals surface area contributed by atoms with E-state index in [1.54, 1.807) is 19.9 Å². The first kappa shape index (κ1) is 12.2. The number of carbonyl (C=O) groups excluding carboxylic acids is 1. The minimum atomic E-state index is -0.358. The van der Waals surface area contributed by atoms with Crippen LogP contribution in [0.25, 0.3) is 0 Å². The zero-order valence-corrected chi connectivity index (χ0v) is 10.4. The van der Waals surface area contributed by atoms with Gasteiger partial charge in [-0.25, -0.2) is 4.79 Å². The second-order valence-corrected chi connectivity index (χ2v) is 3.93. The summed E-state index contributed by atoms with van der Waals surface area (Å²) in [6.07, 6.45) is 0. The lowest BCUT2D eigenvalue weighted by Crippen LogP contribution is -2.28. The number of amides is 2. The van der Waals surface area contributed by atoms with Gasteiger partial charge in [0.2, 0.25) is 0 Å². The fourth-order valence-corrected chi connectivity index (χ4v) is 1.51. The summed E-state index contributed by atoms with van der Waals surface area (Å²) in [5, 5.41) is 12.7. The van der Waals surface area contributed by atoms with Crippen LogP contribution in [0.5, 0.6) is 0 Å². The van der Waals surface area contributed by atoms with Crippen molar-refractivity contribution in [2.45, 2.75) is 27.3 Å². The first-order chi connectivity index (χ1) is 8.56. The number of nitrogens with one attached hydrogen (secondary N) is 2. The smallest absolute Gasteiger partial charge is 0.320 e. The average molecular weight is 250 g/mol. The van der Waals surface area contributed by atoms with E-state index in [0.29, 0.717) is 23.9 Å². The van der Waals surface area contributed by atoms with Crippen LogP contribution >= 0.6 is 0 Å². The van der Waals surface area contributed by atoms with Crippen molar-refractivity contribution in [1.82, 2.24) is 15.6 Å². The summed E-state index contributed by atoms with van der Waals surface area (Å²) in [7, 11) is 0. The second kappa shape index (κ2) is 4.91. The molecule has 2 N–H and O–H groups in total. The Kier molecular flexibility index (Phi) is 3.31. The predicted octanol–water partition coefficient (Wildman–Crippen LogP) is 1.91. The third kappa shape index (κ3) is 2.68. The van der Waals surface area contributed by atoms with Crippen LogP contribution in [0, 0.1) is 20.8 Å². The van der Waals surface area contributed by atoms with Gasteiger partial charge in [-0.3, -0.25) is 5.32 Å². The monoisotopic (exact) mass is 250 g/mol. The molecule has 0 aliphatic rings. The van der Waals surface area contributed by atoms with Crippen molar-refractivity contribution in [2.75, 3.05) is 5.32 Å². The molecular formula is C11H14N4O3. The maximum Gasteiger partial charge on any atom is 0.320 e. The molecule has 7 nitrogen and oxygen atoms in total. The van der Waals surface area contributed by atoms with E-state index in [1.807, 2.05) is 6.92 Å². The number of hydrogen-bond donors (Lipinski definition) is 2. The first-order valence-electron chi connectivity index (χ1n) is 5.46. The lowest BCUT2D eigenvalue weighted by Gasteiger charge is -2.04. The highest BCUT2D eigenvalue weighted by atomic mass is 16.5. The Hall–Kier alpha value is -2.31. The highest BCUT2D eigenvalue weighted by Gasteiger charge is 2.11. The molecule has 0 aliphatic carbocycles. The molecule has 0 spiro atoms. The van der Waals surface area contributed by atoms with E-state index in [9.17, 15) is 4.79 Å². The van der Waals surface area contributed by atoms with E-state index in [-0.39, 0.29) is 6.03 Å². The summed E-state index contributed by atoms with van der Waals surface area (Å²) >= 11 is 0. The Morgan fingerprint density at radius 2 is 2.06 bits per heavy atom. The van der Waals surface area contributed by atoms with Crippen LogP contribution in [0.1, 0.15) is 22.8 Å². The fourth-order valence-electron chi connectivity index (χ4n) is 1.51. The molecule has 2 aromatic heterocycles. The molecule has 2 amide bonds. The van der Waals surface area contributed by atoms with Crippen LogP contribution in [0.3, 0.4) is 0 Å². The van der Waals surface area contributed by atoms with Crippen molar-refractivity contribution < 1.29 is 13.8 Å². The van der Waals surface area contributed by atoms with Gasteiger partial charge in [0.25, 0.3) is 0 Å². The lowest BCUT2D eigenvalue weighted by molar-refractivity contribution is 0.251. The molecule has 0 saturated carbocycles. The molecule has 0 saturated heterocycles. The third-order valence-corrected chi connectivity index (χ3v) is 2.48. The van der Waals surface area contributed by atoms with E-state index in [0.717, 1.165) is 11.3 Å². The maximum atomic E-state index is 11.6. The zero-order valence-electron chi connectivity index (χ0n) is 10.4. The van der Waals surface area contributed by atoms with Crippen LogP contribution in [0.2, 0.25) is 0 Å². The fraction of sp³-hybridized carbons (Fsp3) is 0.364. The Morgan fingerprint density at radius 1 is 1.28 bits per heavy atom.